The molecule has 2 aliphatic carbocycles. The zero-order valence-corrected chi connectivity index (χ0v) is 10.2. The Morgan fingerprint density at radius 2 is 1.76 bits per heavy atom. The van der Waals surface area contributed by atoms with Crippen LogP contribution in [0.3, 0.4) is 0 Å². The van der Waals surface area contributed by atoms with Crippen molar-refractivity contribution < 1.29 is 0 Å². The largest absolute Gasteiger partial charge is 0.0619 e. The van der Waals surface area contributed by atoms with Crippen LogP contribution in [0.15, 0.2) is 42.5 Å². The zero-order chi connectivity index (χ0) is 11.5. The molecule has 2 aliphatic rings. The summed E-state index contributed by atoms with van der Waals surface area (Å²) < 4.78 is 0. The number of fused-ring (bicyclic) bond motifs is 3. The van der Waals surface area contributed by atoms with Crippen LogP contribution in [0, 0.1) is 0 Å². The van der Waals surface area contributed by atoms with Gasteiger partial charge in [-0.25, -0.2) is 0 Å². The van der Waals surface area contributed by atoms with Gasteiger partial charge in [0.1, 0.15) is 0 Å². The van der Waals surface area contributed by atoms with Crippen molar-refractivity contribution in [3.05, 3.63) is 59.2 Å². The van der Waals surface area contributed by atoms with Crippen LogP contribution in [0.25, 0.3) is 11.1 Å². The van der Waals surface area contributed by atoms with E-state index >= 15 is 0 Å². The Balaban J connectivity index is 2.16. The maximum atomic E-state index is 2.43. The summed E-state index contributed by atoms with van der Waals surface area (Å²) in [5, 5.41) is 0. The van der Waals surface area contributed by atoms with Crippen LogP contribution in [0.4, 0.5) is 0 Å². The van der Waals surface area contributed by atoms with Crippen LogP contribution in [0.2, 0.25) is 0 Å². The Bertz CT molecular complexity index is 609. The van der Waals surface area contributed by atoms with Gasteiger partial charge in [-0.1, -0.05) is 49.4 Å². The quantitative estimate of drug-likeness (QED) is 0.620. The van der Waals surface area contributed by atoms with Crippen molar-refractivity contribution in [3.8, 4) is 11.1 Å². The van der Waals surface area contributed by atoms with Gasteiger partial charge in [0, 0.05) is 5.41 Å². The van der Waals surface area contributed by atoms with E-state index < -0.39 is 0 Å². The van der Waals surface area contributed by atoms with Crippen LogP contribution in [-0.2, 0) is 11.8 Å². The second-order valence-electron chi connectivity index (χ2n) is 5.57. The lowest BCUT2D eigenvalue weighted by molar-refractivity contribution is 0.476. The molecule has 1 unspecified atom stereocenters. The standard InChI is InChI=1S/C17H16/c1-17-11-5-7-12-6-4-9-14(16(12)17)13-8-2-3-10-15(13)17/h2-4,6,8-10H,5,7,11H2,1H3. The molecular formula is C17H16. The molecule has 0 heterocycles. The molecule has 0 aromatic heterocycles. The highest BCUT2D eigenvalue weighted by atomic mass is 14.4. The molecule has 17 heavy (non-hydrogen) atoms. The third-order valence-corrected chi connectivity index (χ3v) is 4.64. The number of hydrogen-bond acceptors (Lipinski definition) is 0. The van der Waals surface area contributed by atoms with Gasteiger partial charge < -0.3 is 0 Å². The second-order valence-corrected chi connectivity index (χ2v) is 5.57. The number of aryl methyl sites for hydroxylation is 1. The monoisotopic (exact) mass is 220 g/mol. The van der Waals surface area contributed by atoms with E-state index in [1.165, 1.54) is 30.4 Å². The summed E-state index contributed by atoms with van der Waals surface area (Å²) in [6, 6.07) is 15.8. The lowest BCUT2D eigenvalue weighted by Gasteiger charge is -2.33. The average molecular weight is 220 g/mol. The maximum absolute atomic E-state index is 2.43. The molecule has 0 N–H and O–H groups in total. The predicted molar refractivity (Wildman–Crippen MR) is 71.3 cm³/mol. The second kappa shape index (κ2) is 3.01. The summed E-state index contributed by atoms with van der Waals surface area (Å²) in [7, 11) is 0. The van der Waals surface area contributed by atoms with Crippen LogP contribution in [0.5, 0.6) is 0 Å². The summed E-state index contributed by atoms with van der Waals surface area (Å²) in [5.41, 5.74) is 7.97. The predicted octanol–water partition coefficient (Wildman–Crippen LogP) is 4.31. The van der Waals surface area contributed by atoms with Crippen molar-refractivity contribution in [1.29, 1.82) is 0 Å². The van der Waals surface area contributed by atoms with E-state index in [1.54, 1.807) is 16.7 Å². The van der Waals surface area contributed by atoms with E-state index in [2.05, 4.69) is 49.4 Å². The summed E-state index contributed by atoms with van der Waals surface area (Å²) >= 11 is 0. The van der Waals surface area contributed by atoms with Crippen molar-refractivity contribution in [2.24, 2.45) is 0 Å². The highest BCUT2D eigenvalue weighted by Gasteiger charge is 2.41. The van der Waals surface area contributed by atoms with Gasteiger partial charge in [0.15, 0.2) is 0 Å². The van der Waals surface area contributed by atoms with Crippen LogP contribution in [0.1, 0.15) is 36.5 Å². The van der Waals surface area contributed by atoms with E-state index in [-0.39, 0.29) is 5.41 Å². The van der Waals surface area contributed by atoms with Crippen molar-refractivity contribution in [3.63, 3.8) is 0 Å². The molecule has 1 atom stereocenters. The molecule has 0 bridgehead atoms. The van der Waals surface area contributed by atoms with Gasteiger partial charge in [-0.2, -0.15) is 0 Å². The normalized spacial score (nSPS) is 24.3. The molecule has 84 valence electrons. The summed E-state index contributed by atoms with van der Waals surface area (Å²) in [5.74, 6) is 0. The topological polar surface area (TPSA) is 0 Å². The first-order valence-corrected chi connectivity index (χ1v) is 6.53. The molecule has 2 aromatic carbocycles. The fourth-order valence-electron chi connectivity index (χ4n) is 3.91. The fourth-order valence-corrected chi connectivity index (χ4v) is 3.91. The SMILES string of the molecule is CC12CCCc3cccc(c31)-c1ccccc12. The van der Waals surface area contributed by atoms with E-state index in [9.17, 15) is 0 Å². The van der Waals surface area contributed by atoms with Gasteiger partial charge >= 0.3 is 0 Å². The Labute approximate surface area is 102 Å². The summed E-state index contributed by atoms with van der Waals surface area (Å²) in [6.45, 7) is 2.43. The van der Waals surface area contributed by atoms with Crippen molar-refractivity contribution in [1.82, 2.24) is 0 Å². The van der Waals surface area contributed by atoms with E-state index in [0.717, 1.165) is 0 Å². The minimum Gasteiger partial charge on any atom is -0.0619 e. The Kier molecular flexibility index (Phi) is 1.68. The first-order valence-electron chi connectivity index (χ1n) is 6.53. The van der Waals surface area contributed by atoms with Crippen LogP contribution in [-0.4, -0.2) is 0 Å². The lowest BCUT2D eigenvalue weighted by atomic mass is 9.70. The zero-order valence-electron chi connectivity index (χ0n) is 10.2. The third-order valence-electron chi connectivity index (χ3n) is 4.64. The van der Waals surface area contributed by atoms with Gasteiger partial charge in [0.05, 0.1) is 0 Å². The minimum atomic E-state index is 0.279. The van der Waals surface area contributed by atoms with Crippen LogP contribution >= 0.6 is 0 Å². The summed E-state index contributed by atoms with van der Waals surface area (Å²) in [6.07, 6.45) is 3.88. The molecule has 0 radical (unpaired) electrons. The molecule has 0 amide bonds. The average Bonchev–Trinajstić information content (AvgIpc) is 2.63. The lowest BCUT2D eigenvalue weighted by Crippen LogP contribution is -2.25. The molecule has 4 rings (SSSR count). The summed E-state index contributed by atoms with van der Waals surface area (Å²) in [4.78, 5) is 0. The molecule has 2 aromatic rings. The van der Waals surface area contributed by atoms with Crippen molar-refractivity contribution in [2.45, 2.75) is 31.6 Å². The Morgan fingerprint density at radius 1 is 0.941 bits per heavy atom. The Hall–Kier alpha value is -1.56. The third kappa shape index (κ3) is 1.04. The first-order chi connectivity index (χ1) is 8.31. The van der Waals surface area contributed by atoms with Gasteiger partial charge in [-0.05, 0) is 47.1 Å². The molecule has 0 spiro atoms. The Morgan fingerprint density at radius 3 is 2.71 bits per heavy atom. The van der Waals surface area contributed by atoms with Crippen LogP contribution < -0.4 is 0 Å². The minimum absolute atomic E-state index is 0.279. The molecule has 0 nitrogen and oxygen atoms in total. The van der Waals surface area contributed by atoms with Gasteiger partial charge in [0.2, 0.25) is 0 Å². The molecular weight excluding hydrogens is 204 g/mol. The van der Waals surface area contributed by atoms with Gasteiger partial charge in [-0.15, -0.1) is 0 Å². The van der Waals surface area contributed by atoms with E-state index in [0.29, 0.717) is 0 Å². The number of hydrogen-bond donors (Lipinski definition) is 0. The van der Waals surface area contributed by atoms with Gasteiger partial charge in [0.25, 0.3) is 0 Å². The number of rotatable bonds is 0. The molecule has 0 heteroatoms. The van der Waals surface area contributed by atoms with Crippen molar-refractivity contribution >= 4 is 0 Å². The van der Waals surface area contributed by atoms with Gasteiger partial charge in [-0.3, -0.25) is 0 Å². The highest BCUT2D eigenvalue weighted by Crippen LogP contribution is 2.54. The number of benzene rings is 2. The molecule has 0 fully saturated rings. The fraction of sp³-hybridized carbons (Fsp3) is 0.294. The molecule has 0 aliphatic heterocycles. The van der Waals surface area contributed by atoms with E-state index in [1.807, 2.05) is 0 Å². The smallest absolute Gasteiger partial charge is 0.0189 e. The highest BCUT2D eigenvalue weighted by molar-refractivity contribution is 5.82. The molecule has 0 saturated heterocycles. The van der Waals surface area contributed by atoms with E-state index in [4.69, 9.17) is 0 Å². The van der Waals surface area contributed by atoms with Crippen molar-refractivity contribution in [2.75, 3.05) is 0 Å². The maximum Gasteiger partial charge on any atom is 0.0189 e. The molecule has 0 saturated carbocycles. The first kappa shape index (κ1) is 9.47.